The third-order valence-electron chi connectivity index (χ3n) is 2.37. The first-order valence-corrected chi connectivity index (χ1v) is 6.05. The third-order valence-corrected chi connectivity index (χ3v) is 3.55. The van der Waals surface area contributed by atoms with Gasteiger partial charge in [0.1, 0.15) is 5.76 Å². The van der Waals surface area contributed by atoms with Crippen LogP contribution in [0.2, 0.25) is 0 Å². The molecule has 0 unspecified atom stereocenters. The molecular weight excluding hydrogens is 220 g/mol. The van der Waals surface area contributed by atoms with Crippen molar-refractivity contribution in [2.24, 2.45) is 0 Å². The van der Waals surface area contributed by atoms with Gasteiger partial charge in [-0.15, -0.1) is 11.8 Å². The molecule has 0 fully saturated rings. The summed E-state index contributed by atoms with van der Waals surface area (Å²) in [6.07, 6.45) is 0. The number of hydrogen-bond acceptors (Lipinski definition) is 4. The molecule has 0 radical (unpaired) electrons. The summed E-state index contributed by atoms with van der Waals surface area (Å²) in [5.41, 5.74) is 8.72. The highest BCUT2D eigenvalue weighted by molar-refractivity contribution is 7.98. The van der Waals surface area contributed by atoms with Crippen molar-refractivity contribution in [1.82, 2.24) is 5.16 Å². The number of thioether (sulfide) groups is 1. The summed E-state index contributed by atoms with van der Waals surface area (Å²) in [4.78, 5) is 1.19. The number of nitrogen functional groups attached to an aromatic ring is 1. The minimum Gasteiger partial charge on any atom is -0.398 e. The van der Waals surface area contributed by atoms with Gasteiger partial charge >= 0.3 is 0 Å². The molecule has 84 valence electrons. The molecule has 1 aromatic heterocycles. The molecule has 0 amide bonds. The van der Waals surface area contributed by atoms with E-state index in [1.54, 1.807) is 11.8 Å². The van der Waals surface area contributed by atoms with Gasteiger partial charge < -0.3 is 10.3 Å². The fourth-order valence-electron chi connectivity index (χ4n) is 1.42. The lowest BCUT2D eigenvalue weighted by Gasteiger charge is -2.06. The van der Waals surface area contributed by atoms with Crippen molar-refractivity contribution in [3.05, 3.63) is 41.3 Å². The summed E-state index contributed by atoms with van der Waals surface area (Å²) >= 11 is 1.71. The lowest BCUT2D eigenvalue weighted by atomic mass is 10.2. The molecule has 3 nitrogen and oxygen atoms in total. The molecule has 16 heavy (non-hydrogen) atoms. The van der Waals surface area contributed by atoms with E-state index in [-0.39, 0.29) is 0 Å². The smallest absolute Gasteiger partial charge is 0.147 e. The number of rotatable bonds is 3. The number of aromatic nitrogens is 1. The molecule has 2 rings (SSSR count). The molecule has 0 aliphatic carbocycles. The molecule has 1 aromatic carbocycles. The second kappa shape index (κ2) is 4.61. The van der Waals surface area contributed by atoms with Crippen molar-refractivity contribution in [2.45, 2.75) is 24.5 Å². The van der Waals surface area contributed by atoms with E-state index in [1.807, 2.05) is 32.0 Å². The Hall–Kier alpha value is -1.42. The maximum atomic E-state index is 5.84. The summed E-state index contributed by atoms with van der Waals surface area (Å²) < 4.78 is 5.15. The Labute approximate surface area is 99.0 Å². The number of anilines is 1. The van der Waals surface area contributed by atoms with Gasteiger partial charge in [0.05, 0.1) is 11.4 Å². The molecule has 0 aliphatic heterocycles. The van der Waals surface area contributed by atoms with Crippen LogP contribution in [0.25, 0.3) is 0 Å². The van der Waals surface area contributed by atoms with E-state index in [9.17, 15) is 0 Å². The van der Waals surface area contributed by atoms with Gasteiger partial charge in [0.2, 0.25) is 0 Å². The Morgan fingerprint density at radius 1 is 1.38 bits per heavy atom. The summed E-state index contributed by atoms with van der Waals surface area (Å²) in [7, 11) is 0. The van der Waals surface area contributed by atoms with Gasteiger partial charge in [0.25, 0.3) is 0 Å². The Balaban J connectivity index is 2.07. The van der Waals surface area contributed by atoms with Crippen LogP contribution in [-0.2, 0) is 5.75 Å². The van der Waals surface area contributed by atoms with Crippen LogP contribution in [0.1, 0.15) is 17.0 Å². The first-order chi connectivity index (χ1) is 7.66. The van der Waals surface area contributed by atoms with Crippen LogP contribution >= 0.6 is 11.8 Å². The highest BCUT2D eigenvalue weighted by atomic mass is 32.2. The molecule has 0 atom stereocenters. The molecule has 2 aromatic rings. The van der Waals surface area contributed by atoms with Crippen molar-refractivity contribution < 1.29 is 4.52 Å². The number of hydrogen-bond donors (Lipinski definition) is 1. The molecule has 0 saturated heterocycles. The van der Waals surface area contributed by atoms with Crippen LogP contribution < -0.4 is 5.73 Å². The molecular formula is C12H14N2OS. The van der Waals surface area contributed by atoms with Gasteiger partial charge in [0.15, 0.2) is 0 Å². The van der Waals surface area contributed by atoms with Crippen LogP contribution in [0, 0.1) is 13.8 Å². The minimum atomic E-state index is 0.783. The maximum Gasteiger partial charge on any atom is 0.147 e. The fourth-order valence-corrected chi connectivity index (χ4v) is 2.36. The Bertz CT molecular complexity index is 494. The SMILES string of the molecule is Cc1cc(CSc2cccc(N)c2C)on1. The van der Waals surface area contributed by atoms with Gasteiger partial charge in [-0.05, 0) is 31.5 Å². The average molecular weight is 234 g/mol. The predicted octanol–water partition coefficient (Wildman–Crippen LogP) is 3.17. The quantitative estimate of drug-likeness (QED) is 0.654. The zero-order valence-electron chi connectivity index (χ0n) is 9.36. The number of benzene rings is 1. The number of nitrogens with two attached hydrogens (primary N) is 1. The molecule has 1 heterocycles. The highest BCUT2D eigenvalue weighted by Gasteiger charge is 2.05. The third kappa shape index (κ3) is 2.39. The Morgan fingerprint density at radius 2 is 2.19 bits per heavy atom. The van der Waals surface area contributed by atoms with E-state index in [4.69, 9.17) is 10.3 Å². The van der Waals surface area contributed by atoms with Gasteiger partial charge in [-0.25, -0.2) is 0 Å². The molecule has 0 saturated carbocycles. The van der Waals surface area contributed by atoms with Gasteiger partial charge in [-0.3, -0.25) is 0 Å². The van der Waals surface area contributed by atoms with Crippen molar-refractivity contribution in [2.75, 3.05) is 5.73 Å². The zero-order valence-corrected chi connectivity index (χ0v) is 10.2. The van der Waals surface area contributed by atoms with E-state index in [2.05, 4.69) is 11.2 Å². The topological polar surface area (TPSA) is 52.0 Å². The summed E-state index contributed by atoms with van der Waals surface area (Å²) in [5, 5.41) is 3.86. The van der Waals surface area contributed by atoms with Crippen LogP contribution in [0.4, 0.5) is 5.69 Å². The average Bonchev–Trinajstić information content (AvgIpc) is 2.67. The monoisotopic (exact) mass is 234 g/mol. The summed E-state index contributed by atoms with van der Waals surface area (Å²) in [6, 6.07) is 7.91. The molecule has 0 bridgehead atoms. The standard InChI is InChI=1S/C12H14N2OS/c1-8-6-10(15-14-8)7-16-12-5-3-4-11(13)9(12)2/h3-6H,7,13H2,1-2H3. The molecule has 0 aliphatic rings. The second-order valence-corrected chi connectivity index (χ2v) is 4.71. The molecule has 4 heteroatoms. The Kier molecular flexibility index (Phi) is 3.19. The van der Waals surface area contributed by atoms with Crippen molar-refractivity contribution in [3.63, 3.8) is 0 Å². The van der Waals surface area contributed by atoms with Gasteiger partial charge in [-0.1, -0.05) is 11.2 Å². The summed E-state index contributed by atoms with van der Waals surface area (Å²) in [6.45, 7) is 3.95. The normalized spacial score (nSPS) is 10.6. The van der Waals surface area contributed by atoms with Crippen LogP contribution in [0.15, 0.2) is 33.7 Å². The first kappa shape index (κ1) is 11.1. The van der Waals surface area contributed by atoms with E-state index in [0.29, 0.717) is 0 Å². The van der Waals surface area contributed by atoms with Crippen molar-refractivity contribution in [1.29, 1.82) is 0 Å². The van der Waals surface area contributed by atoms with E-state index >= 15 is 0 Å². The lowest BCUT2D eigenvalue weighted by Crippen LogP contribution is -1.90. The highest BCUT2D eigenvalue weighted by Crippen LogP contribution is 2.28. The first-order valence-electron chi connectivity index (χ1n) is 5.07. The number of aryl methyl sites for hydroxylation is 1. The summed E-state index contributed by atoms with van der Waals surface area (Å²) in [5.74, 6) is 1.68. The maximum absolute atomic E-state index is 5.84. The largest absolute Gasteiger partial charge is 0.398 e. The van der Waals surface area contributed by atoms with Crippen LogP contribution in [-0.4, -0.2) is 5.16 Å². The van der Waals surface area contributed by atoms with E-state index < -0.39 is 0 Å². The Morgan fingerprint density at radius 3 is 2.88 bits per heavy atom. The minimum absolute atomic E-state index is 0.783. The molecule has 0 spiro atoms. The van der Waals surface area contributed by atoms with Crippen LogP contribution in [0.5, 0.6) is 0 Å². The van der Waals surface area contributed by atoms with Crippen molar-refractivity contribution in [3.8, 4) is 0 Å². The van der Waals surface area contributed by atoms with E-state index in [0.717, 1.165) is 28.5 Å². The second-order valence-electron chi connectivity index (χ2n) is 3.69. The van der Waals surface area contributed by atoms with Gasteiger partial charge in [0, 0.05) is 16.6 Å². The predicted molar refractivity (Wildman–Crippen MR) is 66.4 cm³/mol. The van der Waals surface area contributed by atoms with Crippen LogP contribution in [0.3, 0.4) is 0 Å². The zero-order chi connectivity index (χ0) is 11.5. The lowest BCUT2D eigenvalue weighted by molar-refractivity contribution is 0.391. The fraction of sp³-hybridized carbons (Fsp3) is 0.250. The molecule has 2 N–H and O–H groups in total. The van der Waals surface area contributed by atoms with Crippen molar-refractivity contribution >= 4 is 17.4 Å². The number of nitrogens with zero attached hydrogens (tertiary/aromatic N) is 1. The van der Waals surface area contributed by atoms with Gasteiger partial charge in [-0.2, -0.15) is 0 Å². The van der Waals surface area contributed by atoms with E-state index in [1.165, 1.54) is 4.90 Å².